The SMILES string of the molecule is CCOC(=O)CCCCCNC(=O)N1CCC(N2C(=O)OC[C@H]2C(=O)OCC)CC1. The minimum atomic E-state index is -0.711. The van der Waals surface area contributed by atoms with Crippen molar-refractivity contribution in [2.24, 2.45) is 0 Å². The molecule has 30 heavy (non-hydrogen) atoms. The number of carbonyl (C=O) groups is 4. The van der Waals surface area contributed by atoms with Crippen molar-refractivity contribution in [1.29, 1.82) is 0 Å². The smallest absolute Gasteiger partial charge is 0.410 e. The third-order valence-corrected chi connectivity index (χ3v) is 5.25. The first-order chi connectivity index (χ1) is 14.5. The number of ether oxygens (including phenoxy) is 3. The van der Waals surface area contributed by atoms with Gasteiger partial charge in [0.15, 0.2) is 6.04 Å². The lowest BCUT2D eigenvalue weighted by Crippen LogP contribution is -2.53. The average molecular weight is 427 g/mol. The molecular formula is C20H33N3O7. The summed E-state index contributed by atoms with van der Waals surface area (Å²) in [6.45, 7) is 5.70. The molecule has 1 N–H and O–H groups in total. The normalized spacial score (nSPS) is 19.4. The summed E-state index contributed by atoms with van der Waals surface area (Å²) < 4.78 is 15.0. The number of esters is 2. The Bertz CT molecular complexity index is 605. The van der Waals surface area contributed by atoms with Crippen LogP contribution in [-0.2, 0) is 23.8 Å². The molecule has 0 aliphatic carbocycles. The van der Waals surface area contributed by atoms with Crippen molar-refractivity contribution in [3.8, 4) is 0 Å². The van der Waals surface area contributed by atoms with Crippen LogP contribution in [0.4, 0.5) is 9.59 Å². The molecule has 0 radical (unpaired) electrons. The molecule has 3 amide bonds. The van der Waals surface area contributed by atoms with Gasteiger partial charge in [-0.25, -0.2) is 14.4 Å². The van der Waals surface area contributed by atoms with Crippen LogP contribution in [-0.4, -0.2) is 85.4 Å². The van der Waals surface area contributed by atoms with Gasteiger partial charge in [0, 0.05) is 32.1 Å². The van der Waals surface area contributed by atoms with E-state index in [1.54, 1.807) is 18.7 Å². The number of amides is 3. The Hall–Kier alpha value is -2.52. The highest BCUT2D eigenvalue weighted by atomic mass is 16.6. The zero-order valence-electron chi connectivity index (χ0n) is 17.9. The van der Waals surface area contributed by atoms with Crippen molar-refractivity contribution in [1.82, 2.24) is 15.1 Å². The number of rotatable bonds is 10. The molecule has 0 unspecified atom stereocenters. The molecule has 2 rings (SSSR count). The predicted molar refractivity (Wildman–Crippen MR) is 107 cm³/mol. The standard InChI is InChI=1S/C20H33N3O7/c1-3-28-17(24)8-6-5-7-11-21-19(26)22-12-9-15(10-13-22)23-16(14-30-20(23)27)18(25)29-4-2/h15-16H,3-14H2,1-2H3,(H,21,26)/t16-/m0/s1. The first-order valence-corrected chi connectivity index (χ1v) is 10.8. The second-order valence-corrected chi connectivity index (χ2v) is 7.32. The van der Waals surface area contributed by atoms with E-state index in [0.717, 1.165) is 19.3 Å². The minimum Gasteiger partial charge on any atom is -0.466 e. The van der Waals surface area contributed by atoms with Gasteiger partial charge >= 0.3 is 24.1 Å². The number of carbonyl (C=O) groups excluding carboxylic acids is 4. The Morgan fingerprint density at radius 2 is 1.77 bits per heavy atom. The van der Waals surface area contributed by atoms with Gasteiger partial charge in [0.2, 0.25) is 0 Å². The van der Waals surface area contributed by atoms with Crippen LogP contribution in [0.15, 0.2) is 0 Å². The number of hydrogen-bond donors (Lipinski definition) is 1. The predicted octanol–water partition coefficient (Wildman–Crippen LogP) is 1.67. The van der Waals surface area contributed by atoms with Crippen LogP contribution < -0.4 is 5.32 Å². The molecule has 0 aromatic heterocycles. The molecular weight excluding hydrogens is 394 g/mol. The van der Waals surface area contributed by atoms with Crippen molar-refractivity contribution >= 4 is 24.1 Å². The molecule has 170 valence electrons. The Kier molecular flexibility index (Phi) is 9.69. The largest absolute Gasteiger partial charge is 0.466 e. The summed E-state index contributed by atoms with van der Waals surface area (Å²) in [5.41, 5.74) is 0. The van der Waals surface area contributed by atoms with E-state index in [1.807, 2.05) is 0 Å². The minimum absolute atomic E-state index is 0.00847. The second-order valence-electron chi connectivity index (χ2n) is 7.32. The van der Waals surface area contributed by atoms with Crippen molar-refractivity contribution in [2.45, 2.75) is 64.5 Å². The van der Waals surface area contributed by atoms with Crippen LogP contribution in [0.5, 0.6) is 0 Å². The van der Waals surface area contributed by atoms with Gasteiger partial charge in [-0.1, -0.05) is 6.42 Å². The van der Waals surface area contributed by atoms with Gasteiger partial charge in [-0.05, 0) is 39.5 Å². The molecule has 0 bridgehead atoms. The van der Waals surface area contributed by atoms with Gasteiger partial charge in [0.25, 0.3) is 0 Å². The van der Waals surface area contributed by atoms with Crippen molar-refractivity contribution in [2.75, 3.05) is 39.5 Å². The van der Waals surface area contributed by atoms with Gasteiger partial charge in [0.05, 0.1) is 13.2 Å². The van der Waals surface area contributed by atoms with Crippen molar-refractivity contribution < 1.29 is 33.4 Å². The van der Waals surface area contributed by atoms with E-state index in [-0.39, 0.29) is 31.3 Å². The van der Waals surface area contributed by atoms with Gasteiger partial charge in [-0.15, -0.1) is 0 Å². The molecule has 2 saturated heterocycles. The van der Waals surface area contributed by atoms with E-state index in [1.165, 1.54) is 4.90 Å². The zero-order valence-corrected chi connectivity index (χ0v) is 17.9. The molecule has 2 fully saturated rings. The maximum Gasteiger partial charge on any atom is 0.410 e. The highest BCUT2D eigenvalue weighted by molar-refractivity contribution is 5.84. The monoisotopic (exact) mass is 427 g/mol. The van der Waals surface area contributed by atoms with Crippen molar-refractivity contribution in [3.63, 3.8) is 0 Å². The number of likely N-dealkylation sites (tertiary alicyclic amines) is 1. The fourth-order valence-corrected chi connectivity index (χ4v) is 3.71. The maximum atomic E-state index is 12.3. The number of piperidine rings is 1. The molecule has 0 aromatic rings. The van der Waals surface area contributed by atoms with E-state index in [0.29, 0.717) is 45.5 Å². The first kappa shape index (κ1) is 23.8. The molecule has 0 aromatic carbocycles. The number of cyclic esters (lactones) is 1. The molecule has 0 saturated carbocycles. The van der Waals surface area contributed by atoms with E-state index < -0.39 is 18.1 Å². The highest BCUT2D eigenvalue weighted by Crippen LogP contribution is 2.24. The third kappa shape index (κ3) is 6.77. The molecule has 2 aliphatic rings. The van der Waals surface area contributed by atoms with E-state index in [9.17, 15) is 19.2 Å². The lowest BCUT2D eigenvalue weighted by Gasteiger charge is -2.37. The molecule has 2 aliphatic heterocycles. The van der Waals surface area contributed by atoms with Gasteiger partial charge in [-0.3, -0.25) is 9.69 Å². The Morgan fingerprint density at radius 3 is 2.43 bits per heavy atom. The maximum absolute atomic E-state index is 12.3. The Morgan fingerprint density at radius 1 is 1.07 bits per heavy atom. The van der Waals surface area contributed by atoms with Crippen LogP contribution in [0.25, 0.3) is 0 Å². The number of nitrogens with one attached hydrogen (secondary N) is 1. The molecule has 10 nitrogen and oxygen atoms in total. The summed E-state index contributed by atoms with van der Waals surface area (Å²) in [5, 5.41) is 2.89. The lowest BCUT2D eigenvalue weighted by molar-refractivity contribution is -0.148. The van der Waals surface area contributed by atoms with Crippen LogP contribution in [0.2, 0.25) is 0 Å². The van der Waals surface area contributed by atoms with Crippen LogP contribution in [0, 0.1) is 0 Å². The van der Waals surface area contributed by atoms with Crippen LogP contribution in [0.3, 0.4) is 0 Å². The summed E-state index contributed by atoms with van der Waals surface area (Å²) >= 11 is 0. The Balaban J connectivity index is 1.67. The third-order valence-electron chi connectivity index (χ3n) is 5.25. The quantitative estimate of drug-likeness (QED) is 0.320. The number of unbranched alkanes of at least 4 members (excludes halogenated alkanes) is 2. The number of urea groups is 1. The second kappa shape index (κ2) is 12.2. The number of nitrogens with zero attached hydrogens (tertiary/aromatic N) is 2. The van der Waals surface area contributed by atoms with Crippen molar-refractivity contribution in [3.05, 3.63) is 0 Å². The summed E-state index contributed by atoms with van der Waals surface area (Å²) in [5.74, 6) is -0.636. The van der Waals surface area contributed by atoms with Gasteiger partial charge in [0.1, 0.15) is 6.61 Å². The molecule has 2 heterocycles. The number of hydrogen-bond acceptors (Lipinski definition) is 7. The fraction of sp³-hybridized carbons (Fsp3) is 0.800. The van der Waals surface area contributed by atoms with E-state index >= 15 is 0 Å². The average Bonchev–Trinajstić information content (AvgIpc) is 3.12. The summed E-state index contributed by atoms with van der Waals surface area (Å²) in [7, 11) is 0. The van der Waals surface area contributed by atoms with Gasteiger partial charge < -0.3 is 24.4 Å². The zero-order chi connectivity index (χ0) is 21.9. The van der Waals surface area contributed by atoms with Gasteiger partial charge in [-0.2, -0.15) is 0 Å². The Labute approximate surface area is 177 Å². The van der Waals surface area contributed by atoms with Crippen LogP contribution >= 0.6 is 0 Å². The highest BCUT2D eigenvalue weighted by Gasteiger charge is 2.44. The summed E-state index contributed by atoms with van der Waals surface area (Å²) in [6.07, 6.45) is 3.44. The summed E-state index contributed by atoms with van der Waals surface area (Å²) in [4.78, 5) is 51.0. The molecule has 10 heteroatoms. The first-order valence-electron chi connectivity index (χ1n) is 10.8. The summed E-state index contributed by atoms with van der Waals surface area (Å²) in [6, 6.07) is -0.997. The van der Waals surface area contributed by atoms with E-state index in [4.69, 9.17) is 14.2 Å². The fourth-order valence-electron chi connectivity index (χ4n) is 3.71. The van der Waals surface area contributed by atoms with E-state index in [2.05, 4.69) is 5.32 Å². The molecule has 1 atom stereocenters. The molecule has 0 spiro atoms. The lowest BCUT2D eigenvalue weighted by atomic mass is 10.0. The van der Waals surface area contributed by atoms with Crippen LogP contribution in [0.1, 0.15) is 52.4 Å². The topological polar surface area (TPSA) is 114 Å².